The van der Waals surface area contributed by atoms with Gasteiger partial charge in [-0.15, -0.1) is 0 Å². The monoisotopic (exact) mass is 316 g/mol. The first kappa shape index (κ1) is 14.7. The lowest BCUT2D eigenvalue weighted by Crippen LogP contribution is -1.92. The first-order valence-electron chi connectivity index (χ1n) is 6.89. The third-order valence-electron chi connectivity index (χ3n) is 4.02. The van der Waals surface area contributed by atoms with Crippen LogP contribution < -0.4 is 9.47 Å². The smallest absolute Gasteiger partial charge is 0.161 e. The topological polar surface area (TPSA) is 36.3 Å². The molecule has 2 aromatic heterocycles. The molecule has 0 aliphatic heterocycles. The van der Waals surface area contributed by atoms with Crippen LogP contribution in [0.2, 0.25) is 5.15 Å². The fourth-order valence-corrected chi connectivity index (χ4v) is 2.95. The van der Waals surface area contributed by atoms with Crippen LogP contribution >= 0.6 is 11.6 Å². The van der Waals surface area contributed by atoms with Gasteiger partial charge in [-0.3, -0.25) is 0 Å². The minimum absolute atomic E-state index is 0.486. The van der Waals surface area contributed by atoms with Gasteiger partial charge < -0.3 is 14.0 Å². The molecular formula is C17H17ClN2O2. The molecule has 0 saturated heterocycles. The lowest BCUT2D eigenvalue weighted by Gasteiger charge is -2.10. The normalized spacial score (nSPS) is 11.0. The van der Waals surface area contributed by atoms with E-state index in [2.05, 4.69) is 16.5 Å². The number of rotatable bonds is 3. The Bertz CT molecular complexity index is 855. The minimum atomic E-state index is 0.486. The van der Waals surface area contributed by atoms with Gasteiger partial charge in [0.15, 0.2) is 11.5 Å². The Balaban J connectivity index is 2.30. The molecule has 0 amide bonds. The molecule has 4 nitrogen and oxygen atoms in total. The summed E-state index contributed by atoms with van der Waals surface area (Å²) in [6.45, 7) is 2.08. The van der Waals surface area contributed by atoms with Gasteiger partial charge in [-0.2, -0.15) is 0 Å². The molecule has 1 aromatic carbocycles. The molecule has 0 unspecified atom stereocenters. The summed E-state index contributed by atoms with van der Waals surface area (Å²) in [4.78, 5) is 4.18. The van der Waals surface area contributed by atoms with Gasteiger partial charge in [-0.05, 0) is 30.7 Å². The molecule has 0 aliphatic rings. The predicted molar refractivity (Wildman–Crippen MR) is 89.0 cm³/mol. The number of halogens is 1. The van der Waals surface area contributed by atoms with Gasteiger partial charge in [0.1, 0.15) is 5.15 Å². The molecule has 0 radical (unpaired) electrons. The highest BCUT2D eigenvalue weighted by Gasteiger charge is 2.16. The summed E-state index contributed by atoms with van der Waals surface area (Å²) in [5.41, 5.74) is 4.38. The molecule has 5 heteroatoms. The van der Waals surface area contributed by atoms with Gasteiger partial charge in [-0.25, -0.2) is 4.98 Å². The molecule has 0 saturated carbocycles. The third-order valence-corrected chi connectivity index (χ3v) is 4.22. The highest BCUT2D eigenvalue weighted by atomic mass is 35.5. The van der Waals surface area contributed by atoms with Crippen molar-refractivity contribution in [2.45, 2.75) is 6.92 Å². The lowest BCUT2D eigenvalue weighted by molar-refractivity contribution is 0.355. The van der Waals surface area contributed by atoms with Crippen LogP contribution in [0, 0.1) is 6.92 Å². The molecule has 22 heavy (non-hydrogen) atoms. The Morgan fingerprint density at radius 2 is 1.82 bits per heavy atom. The van der Waals surface area contributed by atoms with Crippen LogP contribution in [0.5, 0.6) is 11.5 Å². The third kappa shape index (κ3) is 2.20. The number of ether oxygens (including phenoxy) is 2. The molecule has 0 bridgehead atoms. The summed E-state index contributed by atoms with van der Waals surface area (Å²) in [5, 5.41) is 1.56. The predicted octanol–water partition coefficient (Wildman–Crippen LogP) is 4.22. The molecule has 3 aromatic rings. The van der Waals surface area contributed by atoms with Crippen molar-refractivity contribution in [3.05, 3.63) is 41.3 Å². The number of aryl methyl sites for hydroxylation is 1. The SMILES string of the molecule is COc1ccc(-c2c(C)n(C)c3cnc(Cl)cc23)cc1OC. The van der Waals surface area contributed by atoms with E-state index in [-0.39, 0.29) is 0 Å². The van der Waals surface area contributed by atoms with Gasteiger partial charge >= 0.3 is 0 Å². The zero-order chi connectivity index (χ0) is 15.9. The van der Waals surface area contributed by atoms with Gasteiger partial charge in [-0.1, -0.05) is 17.7 Å². The number of aromatic nitrogens is 2. The van der Waals surface area contributed by atoms with Crippen molar-refractivity contribution >= 4 is 22.5 Å². The van der Waals surface area contributed by atoms with Gasteiger partial charge in [0, 0.05) is 23.7 Å². The van der Waals surface area contributed by atoms with Crippen LogP contribution in [0.25, 0.3) is 22.0 Å². The van der Waals surface area contributed by atoms with Gasteiger partial charge in [0.25, 0.3) is 0 Å². The van der Waals surface area contributed by atoms with E-state index < -0.39 is 0 Å². The van der Waals surface area contributed by atoms with Crippen LogP contribution in [-0.2, 0) is 7.05 Å². The van der Waals surface area contributed by atoms with Crippen LogP contribution in [0.1, 0.15) is 5.69 Å². The van der Waals surface area contributed by atoms with Crippen LogP contribution in [0.4, 0.5) is 0 Å². The first-order chi connectivity index (χ1) is 10.6. The molecule has 0 spiro atoms. The molecule has 0 fully saturated rings. The van der Waals surface area contributed by atoms with E-state index in [1.54, 1.807) is 20.4 Å². The van der Waals surface area contributed by atoms with Crippen molar-refractivity contribution in [2.24, 2.45) is 7.05 Å². The van der Waals surface area contributed by atoms with Crippen molar-refractivity contribution in [1.82, 2.24) is 9.55 Å². The maximum atomic E-state index is 6.08. The largest absolute Gasteiger partial charge is 0.493 e. The lowest BCUT2D eigenvalue weighted by atomic mass is 10.0. The van der Waals surface area contributed by atoms with Crippen molar-refractivity contribution < 1.29 is 9.47 Å². The minimum Gasteiger partial charge on any atom is -0.493 e. The van der Waals surface area contributed by atoms with Gasteiger partial charge in [0.2, 0.25) is 0 Å². The number of nitrogens with zero attached hydrogens (tertiary/aromatic N) is 2. The average Bonchev–Trinajstić information content (AvgIpc) is 2.77. The van der Waals surface area contributed by atoms with E-state index in [0.717, 1.165) is 27.7 Å². The Hall–Kier alpha value is -2.20. The summed E-state index contributed by atoms with van der Waals surface area (Å²) in [5.74, 6) is 1.42. The number of benzene rings is 1. The standard InChI is InChI=1S/C17H17ClN2O2/c1-10-17(11-5-6-14(21-3)15(7-11)22-4)12-8-16(18)19-9-13(12)20(10)2/h5-9H,1-4H3. The van der Waals surface area contributed by atoms with E-state index in [1.807, 2.05) is 31.3 Å². The molecular weight excluding hydrogens is 300 g/mol. The quantitative estimate of drug-likeness (QED) is 0.679. The highest BCUT2D eigenvalue weighted by Crippen LogP contribution is 2.38. The second-order valence-corrected chi connectivity index (χ2v) is 5.50. The van der Waals surface area contributed by atoms with E-state index in [0.29, 0.717) is 16.7 Å². The van der Waals surface area contributed by atoms with Crippen LogP contribution in [0.15, 0.2) is 30.5 Å². The van der Waals surface area contributed by atoms with Crippen molar-refractivity contribution in [3.63, 3.8) is 0 Å². The Morgan fingerprint density at radius 1 is 1.09 bits per heavy atom. The number of methoxy groups -OCH3 is 2. The summed E-state index contributed by atoms with van der Waals surface area (Å²) in [6, 6.07) is 7.82. The van der Waals surface area contributed by atoms with E-state index >= 15 is 0 Å². The molecule has 114 valence electrons. The molecule has 0 atom stereocenters. The molecule has 0 aliphatic carbocycles. The summed E-state index contributed by atoms with van der Waals surface area (Å²) in [7, 11) is 5.29. The summed E-state index contributed by atoms with van der Waals surface area (Å²) in [6.07, 6.45) is 1.80. The second-order valence-electron chi connectivity index (χ2n) is 5.11. The Morgan fingerprint density at radius 3 is 2.50 bits per heavy atom. The molecule has 3 rings (SSSR count). The fraction of sp³-hybridized carbons (Fsp3) is 0.235. The van der Waals surface area contributed by atoms with E-state index in [4.69, 9.17) is 21.1 Å². The number of hydrogen-bond acceptors (Lipinski definition) is 3. The summed E-state index contributed by atoms with van der Waals surface area (Å²) < 4.78 is 12.8. The van der Waals surface area contributed by atoms with E-state index in [1.165, 1.54) is 0 Å². The molecule has 0 N–H and O–H groups in total. The number of pyridine rings is 1. The van der Waals surface area contributed by atoms with Crippen molar-refractivity contribution in [2.75, 3.05) is 14.2 Å². The Labute approximate surface area is 134 Å². The van der Waals surface area contributed by atoms with Gasteiger partial charge in [0.05, 0.1) is 25.9 Å². The van der Waals surface area contributed by atoms with Crippen molar-refractivity contribution in [1.29, 1.82) is 0 Å². The number of hydrogen-bond donors (Lipinski definition) is 0. The van der Waals surface area contributed by atoms with Crippen LogP contribution in [0.3, 0.4) is 0 Å². The average molecular weight is 317 g/mol. The molecule has 2 heterocycles. The maximum Gasteiger partial charge on any atom is 0.161 e. The van der Waals surface area contributed by atoms with E-state index in [9.17, 15) is 0 Å². The highest BCUT2D eigenvalue weighted by molar-refractivity contribution is 6.30. The van der Waals surface area contributed by atoms with Crippen molar-refractivity contribution in [3.8, 4) is 22.6 Å². The fourth-order valence-electron chi connectivity index (χ4n) is 2.79. The summed E-state index contributed by atoms with van der Waals surface area (Å²) >= 11 is 6.08. The zero-order valence-electron chi connectivity index (χ0n) is 13.0. The Kier molecular flexibility index (Phi) is 3.71. The maximum absolute atomic E-state index is 6.08. The second kappa shape index (κ2) is 5.54. The number of fused-ring (bicyclic) bond motifs is 1. The van der Waals surface area contributed by atoms with Crippen LogP contribution in [-0.4, -0.2) is 23.8 Å². The zero-order valence-corrected chi connectivity index (χ0v) is 13.7. The first-order valence-corrected chi connectivity index (χ1v) is 7.27.